The molecule has 0 spiro atoms. The monoisotopic (exact) mass is 349 g/mol. The maximum absolute atomic E-state index is 12.2. The Balaban J connectivity index is 2.16. The molecule has 0 fully saturated rings. The highest BCUT2D eigenvalue weighted by Crippen LogP contribution is 2.32. The van der Waals surface area contributed by atoms with Crippen LogP contribution in [0, 0.1) is 19.8 Å². The van der Waals surface area contributed by atoms with Crippen molar-refractivity contribution >= 4 is 22.5 Å². The van der Waals surface area contributed by atoms with Crippen molar-refractivity contribution in [1.82, 2.24) is 9.97 Å². The van der Waals surface area contributed by atoms with Gasteiger partial charge in [-0.1, -0.05) is 19.9 Å². The predicted octanol–water partition coefficient (Wildman–Crippen LogP) is 4.52. The molecular weight excluding hydrogens is 326 g/mol. The highest BCUT2D eigenvalue weighted by molar-refractivity contribution is 6.04. The molecule has 0 aliphatic carbocycles. The van der Waals surface area contributed by atoms with Gasteiger partial charge in [0.05, 0.1) is 24.0 Å². The first kappa shape index (κ1) is 17.9. The minimum Gasteiger partial charge on any atom is -0.481 e. The van der Waals surface area contributed by atoms with Crippen molar-refractivity contribution in [2.75, 3.05) is 12.4 Å². The van der Waals surface area contributed by atoms with Crippen LogP contribution in [0.25, 0.3) is 22.2 Å². The number of carbonyl (C=O) groups is 1. The number of aromatic nitrogens is 2. The van der Waals surface area contributed by atoms with Crippen LogP contribution < -0.4 is 10.1 Å². The van der Waals surface area contributed by atoms with Gasteiger partial charge in [-0.15, -0.1) is 0 Å². The Bertz CT molecular complexity index is 980. The van der Waals surface area contributed by atoms with Crippen LogP contribution in [0.4, 0.5) is 5.69 Å². The second-order valence-corrected chi connectivity index (χ2v) is 6.71. The number of hydrogen-bond acceptors (Lipinski definition) is 4. The van der Waals surface area contributed by atoms with E-state index in [2.05, 4.69) is 10.3 Å². The van der Waals surface area contributed by atoms with Crippen molar-refractivity contribution in [3.8, 4) is 17.1 Å². The second kappa shape index (κ2) is 7.12. The zero-order chi connectivity index (χ0) is 18.8. The average molecular weight is 349 g/mol. The third kappa shape index (κ3) is 3.38. The fourth-order valence-electron chi connectivity index (χ4n) is 2.88. The lowest BCUT2D eigenvalue weighted by molar-refractivity contribution is -0.118. The number of amides is 1. The van der Waals surface area contributed by atoms with E-state index in [9.17, 15) is 4.79 Å². The number of nitrogens with one attached hydrogen (secondary N) is 1. The van der Waals surface area contributed by atoms with Crippen LogP contribution in [0.3, 0.4) is 0 Å². The highest BCUT2D eigenvalue weighted by Gasteiger charge is 2.14. The molecule has 0 unspecified atom stereocenters. The summed E-state index contributed by atoms with van der Waals surface area (Å²) in [4.78, 5) is 21.2. The first-order valence-corrected chi connectivity index (χ1v) is 8.63. The summed E-state index contributed by atoms with van der Waals surface area (Å²) in [6.45, 7) is 7.83. The maximum atomic E-state index is 12.2. The molecule has 134 valence electrons. The Hall–Kier alpha value is -2.95. The lowest BCUT2D eigenvalue weighted by Gasteiger charge is -2.15. The quantitative estimate of drug-likeness (QED) is 0.752. The van der Waals surface area contributed by atoms with Gasteiger partial charge in [0.1, 0.15) is 0 Å². The number of anilines is 1. The van der Waals surface area contributed by atoms with Gasteiger partial charge in [-0.25, -0.2) is 9.97 Å². The van der Waals surface area contributed by atoms with E-state index in [1.807, 2.05) is 58.0 Å². The Labute approximate surface area is 153 Å². The summed E-state index contributed by atoms with van der Waals surface area (Å²) in [6.07, 6.45) is 1.71. The summed E-state index contributed by atoms with van der Waals surface area (Å²) in [5.74, 6) is 0.470. The molecule has 1 amide bonds. The third-order valence-electron chi connectivity index (χ3n) is 4.38. The van der Waals surface area contributed by atoms with Crippen molar-refractivity contribution in [3.05, 3.63) is 47.7 Å². The fourth-order valence-corrected chi connectivity index (χ4v) is 2.88. The highest BCUT2D eigenvalue weighted by atomic mass is 16.5. The molecular formula is C21H23N3O2. The molecule has 2 heterocycles. The van der Waals surface area contributed by atoms with Crippen LogP contribution in [-0.2, 0) is 4.79 Å². The average Bonchev–Trinajstić information content (AvgIpc) is 2.63. The molecule has 0 atom stereocenters. The van der Waals surface area contributed by atoms with Gasteiger partial charge in [0, 0.05) is 29.1 Å². The number of rotatable bonds is 4. The number of pyridine rings is 2. The topological polar surface area (TPSA) is 64.1 Å². The summed E-state index contributed by atoms with van der Waals surface area (Å²) in [7, 11) is 1.60. The zero-order valence-electron chi connectivity index (χ0n) is 15.8. The molecule has 0 bridgehead atoms. The Morgan fingerprint density at radius 2 is 1.88 bits per heavy atom. The minimum atomic E-state index is -0.0804. The Kier molecular flexibility index (Phi) is 4.89. The van der Waals surface area contributed by atoms with Crippen molar-refractivity contribution in [2.24, 2.45) is 5.92 Å². The molecule has 3 rings (SSSR count). The van der Waals surface area contributed by atoms with E-state index in [0.29, 0.717) is 5.88 Å². The molecule has 2 aromatic heterocycles. The molecule has 1 aromatic carbocycles. The SMILES string of the molecule is COc1cc(-c2cc(C)c3c(NC(=O)C(C)C)ccc(C)c3n2)ccn1. The summed E-state index contributed by atoms with van der Waals surface area (Å²) in [5.41, 5.74) is 5.60. The summed E-state index contributed by atoms with van der Waals surface area (Å²) >= 11 is 0. The molecule has 0 radical (unpaired) electrons. The van der Waals surface area contributed by atoms with E-state index >= 15 is 0 Å². The van der Waals surface area contributed by atoms with Crippen molar-refractivity contribution < 1.29 is 9.53 Å². The van der Waals surface area contributed by atoms with E-state index in [-0.39, 0.29) is 11.8 Å². The molecule has 26 heavy (non-hydrogen) atoms. The smallest absolute Gasteiger partial charge is 0.226 e. The van der Waals surface area contributed by atoms with E-state index in [0.717, 1.165) is 39.0 Å². The van der Waals surface area contributed by atoms with Crippen molar-refractivity contribution in [3.63, 3.8) is 0 Å². The van der Waals surface area contributed by atoms with Crippen LogP contribution >= 0.6 is 0 Å². The molecule has 0 saturated heterocycles. The molecule has 0 aliphatic heterocycles. The maximum Gasteiger partial charge on any atom is 0.226 e. The van der Waals surface area contributed by atoms with Gasteiger partial charge in [-0.3, -0.25) is 4.79 Å². The van der Waals surface area contributed by atoms with Gasteiger partial charge < -0.3 is 10.1 Å². The summed E-state index contributed by atoms with van der Waals surface area (Å²) in [6, 6.07) is 9.74. The van der Waals surface area contributed by atoms with Gasteiger partial charge in [0.2, 0.25) is 11.8 Å². The van der Waals surface area contributed by atoms with E-state index < -0.39 is 0 Å². The predicted molar refractivity (Wildman–Crippen MR) is 104 cm³/mol. The Morgan fingerprint density at radius 1 is 1.12 bits per heavy atom. The Morgan fingerprint density at radius 3 is 2.58 bits per heavy atom. The molecule has 0 saturated carbocycles. The lowest BCUT2D eigenvalue weighted by Crippen LogP contribution is -2.18. The van der Waals surface area contributed by atoms with E-state index in [1.54, 1.807) is 13.3 Å². The molecule has 5 nitrogen and oxygen atoms in total. The number of carbonyl (C=O) groups excluding carboxylic acids is 1. The second-order valence-electron chi connectivity index (χ2n) is 6.71. The van der Waals surface area contributed by atoms with Crippen LogP contribution in [0.5, 0.6) is 5.88 Å². The van der Waals surface area contributed by atoms with Gasteiger partial charge >= 0.3 is 0 Å². The number of benzene rings is 1. The molecule has 1 N–H and O–H groups in total. The number of nitrogens with zero attached hydrogens (tertiary/aromatic N) is 2. The van der Waals surface area contributed by atoms with E-state index in [1.165, 1.54) is 0 Å². The van der Waals surface area contributed by atoms with Crippen LogP contribution in [0.2, 0.25) is 0 Å². The molecule has 5 heteroatoms. The fraction of sp³-hybridized carbons (Fsp3) is 0.286. The van der Waals surface area contributed by atoms with Crippen molar-refractivity contribution in [1.29, 1.82) is 0 Å². The molecule has 3 aromatic rings. The summed E-state index contributed by atoms with van der Waals surface area (Å²) < 4.78 is 5.22. The van der Waals surface area contributed by atoms with Gasteiger partial charge in [0.15, 0.2) is 0 Å². The first-order valence-electron chi connectivity index (χ1n) is 8.63. The number of methoxy groups -OCH3 is 1. The normalized spacial score (nSPS) is 11.0. The van der Waals surface area contributed by atoms with E-state index in [4.69, 9.17) is 9.72 Å². The van der Waals surface area contributed by atoms with Crippen LogP contribution in [0.1, 0.15) is 25.0 Å². The van der Waals surface area contributed by atoms with Crippen molar-refractivity contribution in [2.45, 2.75) is 27.7 Å². The largest absolute Gasteiger partial charge is 0.481 e. The van der Waals surface area contributed by atoms with Gasteiger partial charge in [-0.2, -0.15) is 0 Å². The standard InChI is InChI=1S/C21H23N3O2/c1-12(2)21(25)24-16-7-6-13(3)20-19(16)14(4)10-17(23-20)15-8-9-22-18(11-15)26-5/h6-12H,1-5H3,(H,24,25). The number of aryl methyl sites for hydroxylation is 2. The van der Waals surface area contributed by atoms with Crippen LogP contribution in [0.15, 0.2) is 36.5 Å². The number of fused-ring (bicyclic) bond motifs is 1. The van der Waals surface area contributed by atoms with Gasteiger partial charge in [-0.05, 0) is 43.2 Å². The molecule has 0 aliphatic rings. The minimum absolute atomic E-state index is 0.00232. The zero-order valence-corrected chi connectivity index (χ0v) is 15.8. The van der Waals surface area contributed by atoms with Gasteiger partial charge in [0.25, 0.3) is 0 Å². The first-order chi connectivity index (χ1) is 12.4. The lowest BCUT2D eigenvalue weighted by atomic mass is 10.0. The van der Waals surface area contributed by atoms with Crippen LogP contribution in [-0.4, -0.2) is 23.0 Å². The summed E-state index contributed by atoms with van der Waals surface area (Å²) in [5, 5.41) is 4.00. The third-order valence-corrected chi connectivity index (χ3v) is 4.38. The number of hydrogen-bond donors (Lipinski definition) is 1. The number of ether oxygens (including phenoxy) is 1.